The molecule has 4 fully saturated rings. The molecule has 0 spiro atoms. The van der Waals surface area contributed by atoms with Gasteiger partial charge in [-0.1, -0.05) is 0 Å². The highest BCUT2D eigenvalue weighted by Gasteiger charge is 2.38. The quantitative estimate of drug-likeness (QED) is 0.485. The molecule has 6 aliphatic rings. The maximum absolute atomic E-state index is 14.1. The fraction of sp³-hybridized carbons (Fsp3) is 0.750. The van der Waals surface area contributed by atoms with Crippen molar-refractivity contribution in [2.24, 2.45) is 11.8 Å². The van der Waals surface area contributed by atoms with Crippen LogP contribution >= 0.6 is 11.3 Å². The Bertz CT molecular complexity index is 1280. The van der Waals surface area contributed by atoms with E-state index < -0.39 is 0 Å². The van der Waals surface area contributed by atoms with E-state index in [9.17, 15) is 24.0 Å². The number of thiazole rings is 1. The normalized spacial score (nSPS) is 26.9. The van der Waals surface area contributed by atoms with Gasteiger partial charge in [0.2, 0.25) is 29.5 Å². The lowest BCUT2D eigenvalue weighted by molar-refractivity contribution is -0.148. The third kappa shape index (κ3) is 7.51. The van der Waals surface area contributed by atoms with Crippen LogP contribution in [0.4, 0.5) is 0 Å². The summed E-state index contributed by atoms with van der Waals surface area (Å²) >= 11 is 1.65. The second kappa shape index (κ2) is 14.1. The van der Waals surface area contributed by atoms with Gasteiger partial charge in [0.15, 0.2) is 0 Å². The second-order valence-corrected chi connectivity index (χ2v) is 14.5. The molecule has 5 amide bonds. The predicted molar refractivity (Wildman–Crippen MR) is 166 cm³/mol. The average molecular weight is 643 g/mol. The van der Waals surface area contributed by atoms with Crippen LogP contribution in [0.15, 0.2) is 0 Å². The Morgan fingerprint density at radius 3 is 2.27 bits per heavy atom. The summed E-state index contributed by atoms with van der Waals surface area (Å²) in [5.74, 6) is -0.613. The van der Waals surface area contributed by atoms with Crippen LogP contribution in [0.2, 0.25) is 0 Å². The Kier molecular flexibility index (Phi) is 10.0. The van der Waals surface area contributed by atoms with Crippen LogP contribution in [0.3, 0.4) is 0 Å². The van der Waals surface area contributed by atoms with Crippen molar-refractivity contribution < 1.29 is 28.7 Å². The summed E-state index contributed by atoms with van der Waals surface area (Å²) in [6, 6.07) is 0. The van der Waals surface area contributed by atoms with Crippen LogP contribution in [-0.4, -0.2) is 138 Å². The number of rotatable bonds is 4. The number of fused-ring (bicyclic) bond motifs is 7. The van der Waals surface area contributed by atoms with E-state index in [1.807, 2.05) is 16.7 Å². The number of hydrogen-bond donors (Lipinski definition) is 0. The summed E-state index contributed by atoms with van der Waals surface area (Å²) in [6.45, 7) is 7.07. The number of carbonyl (C=O) groups excluding carboxylic acids is 5. The van der Waals surface area contributed by atoms with Gasteiger partial charge in [-0.2, -0.15) is 0 Å². The molecule has 0 aliphatic carbocycles. The molecule has 1 aromatic rings. The van der Waals surface area contributed by atoms with Crippen LogP contribution in [0.25, 0.3) is 0 Å². The lowest BCUT2D eigenvalue weighted by Gasteiger charge is -2.39. The molecule has 246 valence electrons. The smallest absolute Gasteiger partial charge is 0.242 e. The van der Waals surface area contributed by atoms with Crippen molar-refractivity contribution in [3.8, 4) is 0 Å². The molecule has 7 rings (SSSR count). The number of piperidine rings is 2. The highest BCUT2D eigenvalue weighted by atomic mass is 32.1. The first-order chi connectivity index (χ1) is 21.7. The molecule has 45 heavy (non-hydrogen) atoms. The molecule has 2 atom stereocenters. The molecule has 7 heterocycles. The third-order valence-electron chi connectivity index (χ3n) is 10.4. The Balaban J connectivity index is 1.26. The molecule has 6 bridgehead atoms. The molecule has 0 radical (unpaired) electrons. The standard InChI is InChI=1S/C32H46N6O6S/c1-22-26-18-29(41)37-11-6-24(16-27(39)34-7-2-3-8-34)25(19-37)17-28(40)38(21-31(43)36-12-14-44-15-13-36)20-30(42)35-9-4-23(5-10-35)32(33-26)45-22/h23-25H,2-21H2,1H3/t24-,25-/m0/s1. The van der Waals surface area contributed by atoms with Crippen LogP contribution in [-0.2, 0) is 35.1 Å². The molecule has 0 unspecified atom stereocenters. The van der Waals surface area contributed by atoms with E-state index in [4.69, 9.17) is 9.72 Å². The highest BCUT2D eigenvalue weighted by molar-refractivity contribution is 7.11. The van der Waals surface area contributed by atoms with Crippen molar-refractivity contribution in [2.45, 2.75) is 64.2 Å². The number of hydrogen-bond acceptors (Lipinski definition) is 8. The lowest BCUT2D eigenvalue weighted by atomic mass is 9.80. The third-order valence-corrected chi connectivity index (χ3v) is 11.5. The maximum Gasteiger partial charge on any atom is 0.242 e. The van der Waals surface area contributed by atoms with Crippen LogP contribution in [0, 0.1) is 18.8 Å². The largest absolute Gasteiger partial charge is 0.378 e. The topological polar surface area (TPSA) is 124 Å². The number of aryl methyl sites for hydroxylation is 1. The van der Waals surface area contributed by atoms with Gasteiger partial charge in [-0.3, -0.25) is 24.0 Å². The molecular weight excluding hydrogens is 596 g/mol. The summed E-state index contributed by atoms with van der Waals surface area (Å²) in [7, 11) is 0. The predicted octanol–water partition coefficient (Wildman–Crippen LogP) is 1.27. The van der Waals surface area contributed by atoms with Gasteiger partial charge in [0.25, 0.3) is 0 Å². The van der Waals surface area contributed by atoms with E-state index in [0.717, 1.165) is 54.4 Å². The van der Waals surface area contributed by atoms with Gasteiger partial charge in [-0.05, 0) is 50.9 Å². The van der Waals surface area contributed by atoms with E-state index in [0.29, 0.717) is 65.3 Å². The molecule has 4 saturated heterocycles. The fourth-order valence-electron chi connectivity index (χ4n) is 7.47. The van der Waals surface area contributed by atoms with Gasteiger partial charge in [0.05, 0.1) is 30.3 Å². The minimum Gasteiger partial charge on any atom is -0.378 e. The molecule has 6 aliphatic heterocycles. The maximum atomic E-state index is 14.1. The first kappa shape index (κ1) is 31.9. The van der Waals surface area contributed by atoms with Gasteiger partial charge in [-0.25, -0.2) is 4.98 Å². The van der Waals surface area contributed by atoms with Crippen molar-refractivity contribution in [3.63, 3.8) is 0 Å². The molecule has 0 N–H and O–H groups in total. The summed E-state index contributed by atoms with van der Waals surface area (Å²) in [4.78, 5) is 82.5. The van der Waals surface area contributed by atoms with E-state index in [2.05, 4.69) is 0 Å². The van der Waals surface area contributed by atoms with Crippen LogP contribution in [0.1, 0.15) is 66.4 Å². The number of morpholine rings is 1. The Labute approximate surface area is 269 Å². The summed E-state index contributed by atoms with van der Waals surface area (Å²) in [5, 5.41) is 1.02. The van der Waals surface area contributed by atoms with E-state index in [1.165, 1.54) is 4.90 Å². The fourth-order valence-corrected chi connectivity index (χ4v) is 8.58. The molecule has 0 saturated carbocycles. The van der Waals surface area contributed by atoms with E-state index in [-0.39, 0.29) is 73.2 Å². The van der Waals surface area contributed by atoms with Gasteiger partial charge in [0, 0.05) is 76.0 Å². The zero-order chi connectivity index (χ0) is 31.5. The summed E-state index contributed by atoms with van der Waals surface area (Å²) in [5.41, 5.74) is 0.814. The zero-order valence-electron chi connectivity index (χ0n) is 26.4. The van der Waals surface area contributed by atoms with E-state index >= 15 is 0 Å². The minimum atomic E-state index is -0.276. The Morgan fingerprint density at radius 1 is 0.844 bits per heavy atom. The van der Waals surface area contributed by atoms with Gasteiger partial charge >= 0.3 is 0 Å². The molecule has 12 nitrogen and oxygen atoms in total. The van der Waals surface area contributed by atoms with E-state index in [1.54, 1.807) is 21.1 Å². The molecule has 0 aromatic carbocycles. The number of aromatic nitrogens is 1. The highest BCUT2D eigenvalue weighted by Crippen LogP contribution is 2.35. The van der Waals surface area contributed by atoms with Gasteiger partial charge in [0.1, 0.15) is 13.1 Å². The molecule has 1 aromatic heterocycles. The van der Waals surface area contributed by atoms with Crippen LogP contribution < -0.4 is 0 Å². The van der Waals surface area contributed by atoms with Crippen LogP contribution in [0.5, 0.6) is 0 Å². The van der Waals surface area contributed by atoms with Crippen molar-refractivity contribution in [3.05, 3.63) is 15.6 Å². The Morgan fingerprint density at radius 2 is 1.53 bits per heavy atom. The van der Waals surface area contributed by atoms with Gasteiger partial charge in [-0.15, -0.1) is 11.3 Å². The number of nitrogens with zero attached hydrogens (tertiary/aromatic N) is 6. The average Bonchev–Trinajstić information content (AvgIpc) is 3.72. The Hall–Kier alpha value is -3.06. The number of amides is 5. The monoisotopic (exact) mass is 642 g/mol. The zero-order valence-corrected chi connectivity index (χ0v) is 27.2. The van der Waals surface area contributed by atoms with Crippen molar-refractivity contribution in [1.82, 2.24) is 29.5 Å². The number of ether oxygens (including phenoxy) is 1. The van der Waals surface area contributed by atoms with Crippen molar-refractivity contribution in [1.29, 1.82) is 0 Å². The minimum absolute atomic E-state index is 0.00890. The number of likely N-dealkylation sites (tertiary alicyclic amines) is 1. The SMILES string of the molecule is Cc1sc2nc1CC(=O)N1CC[C@@H](CC(=O)N3CCCC3)[C@@H](CC(=O)N(CC(=O)N3CCOCC3)CC(=O)N3CCC2CC3)C1. The number of carbonyl (C=O) groups is 5. The first-order valence-corrected chi connectivity index (χ1v) is 17.5. The van der Waals surface area contributed by atoms with Crippen molar-refractivity contribution in [2.75, 3.05) is 78.7 Å². The first-order valence-electron chi connectivity index (χ1n) is 16.7. The van der Waals surface area contributed by atoms with Gasteiger partial charge < -0.3 is 29.2 Å². The summed E-state index contributed by atoms with van der Waals surface area (Å²) in [6.07, 6.45) is 4.83. The van der Waals surface area contributed by atoms with Crippen molar-refractivity contribution >= 4 is 40.9 Å². The second-order valence-electron chi connectivity index (χ2n) is 13.3. The molecular formula is C32H46N6O6S. The molecule has 13 heteroatoms. The lowest BCUT2D eigenvalue weighted by Crippen LogP contribution is -2.52. The summed E-state index contributed by atoms with van der Waals surface area (Å²) < 4.78 is 5.40.